The van der Waals surface area contributed by atoms with Crippen molar-refractivity contribution in [3.8, 4) is 0 Å². The Morgan fingerprint density at radius 3 is 2.57 bits per heavy atom. The summed E-state index contributed by atoms with van der Waals surface area (Å²) in [5.74, 6) is 2.47. The molecule has 5 unspecified atom stereocenters. The van der Waals surface area contributed by atoms with Crippen LogP contribution in [0.1, 0.15) is 118 Å². The van der Waals surface area contributed by atoms with E-state index in [2.05, 4.69) is 26.8 Å². The molecule has 4 heteroatoms. The first-order valence-electron chi connectivity index (χ1n) is 14.7. The maximum absolute atomic E-state index is 12.4. The largest absolute Gasteiger partial charge is 0.479 e. The lowest BCUT2D eigenvalue weighted by Gasteiger charge is -2.58. The Hall–Kier alpha value is -1.32. The Morgan fingerprint density at radius 2 is 1.86 bits per heavy atom. The van der Waals surface area contributed by atoms with Crippen LogP contribution in [0.5, 0.6) is 0 Å². The van der Waals surface area contributed by atoms with Gasteiger partial charge in [0.05, 0.1) is 5.92 Å². The highest BCUT2D eigenvalue weighted by molar-refractivity contribution is 5.78. The minimum Gasteiger partial charge on any atom is -0.479 e. The second-order valence-electron chi connectivity index (χ2n) is 13.2. The van der Waals surface area contributed by atoms with Crippen molar-refractivity contribution in [2.45, 2.75) is 124 Å². The summed E-state index contributed by atoms with van der Waals surface area (Å²) in [6.45, 7) is 11.3. The van der Waals surface area contributed by atoms with Crippen molar-refractivity contribution < 1.29 is 19.4 Å². The van der Waals surface area contributed by atoms with Crippen LogP contribution in [-0.2, 0) is 14.3 Å². The summed E-state index contributed by atoms with van der Waals surface area (Å²) in [6, 6.07) is 0. The van der Waals surface area contributed by atoms with Gasteiger partial charge < -0.3 is 9.84 Å². The minimum atomic E-state index is -1.05. The van der Waals surface area contributed by atoms with E-state index in [0.717, 1.165) is 42.9 Å². The third kappa shape index (κ3) is 4.97. The molecule has 0 amide bonds. The molecule has 4 rings (SSSR count). The third-order valence-corrected chi connectivity index (χ3v) is 11.4. The first-order valence-corrected chi connectivity index (χ1v) is 14.7. The van der Waals surface area contributed by atoms with Crippen molar-refractivity contribution in [2.75, 3.05) is 0 Å². The number of carboxylic acids is 1. The van der Waals surface area contributed by atoms with E-state index in [9.17, 15) is 9.59 Å². The maximum Gasteiger partial charge on any atom is 0.345 e. The van der Waals surface area contributed by atoms with E-state index in [0.29, 0.717) is 23.2 Å². The second kappa shape index (κ2) is 10.6. The summed E-state index contributed by atoms with van der Waals surface area (Å²) in [6.07, 6.45) is 17.4. The fraction of sp³-hybridized carbons (Fsp3) is 0.871. The summed E-state index contributed by atoms with van der Waals surface area (Å²) < 4.78 is 5.22. The van der Waals surface area contributed by atoms with Crippen molar-refractivity contribution in [1.82, 2.24) is 0 Å². The van der Waals surface area contributed by atoms with E-state index in [1.165, 1.54) is 57.8 Å². The van der Waals surface area contributed by atoms with Gasteiger partial charge in [0, 0.05) is 0 Å². The number of esters is 1. The van der Waals surface area contributed by atoms with E-state index < -0.39 is 12.1 Å². The number of rotatable bonds is 9. The average Bonchev–Trinajstić information content (AvgIpc) is 3.18. The molecule has 35 heavy (non-hydrogen) atoms. The molecule has 0 aliphatic heterocycles. The molecule has 4 aliphatic carbocycles. The monoisotopic (exact) mass is 486 g/mol. The Morgan fingerprint density at radius 1 is 1.09 bits per heavy atom. The van der Waals surface area contributed by atoms with Crippen molar-refractivity contribution in [3.63, 3.8) is 0 Å². The topological polar surface area (TPSA) is 63.6 Å². The van der Waals surface area contributed by atoms with Gasteiger partial charge in [0.25, 0.3) is 0 Å². The van der Waals surface area contributed by atoms with Crippen LogP contribution in [0.15, 0.2) is 11.6 Å². The van der Waals surface area contributed by atoms with Gasteiger partial charge in [0.15, 0.2) is 6.10 Å². The zero-order chi connectivity index (χ0) is 25.4. The van der Waals surface area contributed by atoms with E-state index >= 15 is 0 Å². The first kappa shape index (κ1) is 26.7. The van der Waals surface area contributed by atoms with E-state index in [1.54, 1.807) is 12.5 Å². The molecule has 0 aromatic carbocycles. The first-order chi connectivity index (χ1) is 16.6. The molecule has 4 aliphatic rings. The quantitative estimate of drug-likeness (QED) is 0.267. The molecule has 9 atom stereocenters. The van der Waals surface area contributed by atoms with Gasteiger partial charge in [-0.05, 0) is 105 Å². The van der Waals surface area contributed by atoms with Gasteiger partial charge in [-0.1, -0.05) is 65.5 Å². The molecule has 3 saturated carbocycles. The fourth-order valence-electron chi connectivity index (χ4n) is 9.30. The molecule has 0 saturated heterocycles. The number of hydrogen-bond acceptors (Lipinski definition) is 3. The fourth-order valence-corrected chi connectivity index (χ4v) is 9.30. The highest BCUT2D eigenvalue weighted by Gasteiger charge is 2.58. The molecule has 1 N–H and O–H groups in total. The molecule has 0 aromatic heterocycles. The minimum absolute atomic E-state index is 0.239. The Bertz CT molecular complexity index is 817. The normalized spacial score (nSPS) is 38.8. The Labute approximate surface area is 213 Å². The van der Waals surface area contributed by atoms with E-state index in [1.807, 2.05) is 6.92 Å². The summed E-state index contributed by atoms with van der Waals surface area (Å²) in [5, 5.41) is 9.16. The van der Waals surface area contributed by atoms with E-state index in [4.69, 9.17) is 9.84 Å². The molecule has 198 valence electrons. The van der Waals surface area contributed by atoms with Gasteiger partial charge in [-0.3, -0.25) is 4.79 Å². The molecule has 0 aromatic rings. The number of allylic oxidation sites excluding steroid dienone is 2. The number of carbonyl (C=O) groups excluding carboxylic acids is 1. The van der Waals surface area contributed by atoms with Crippen LogP contribution >= 0.6 is 0 Å². The van der Waals surface area contributed by atoms with Crippen LogP contribution in [0.4, 0.5) is 0 Å². The average molecular weight is 487 g/mol. The molecule has 3 fully saturated rings. The Kier molecular flexibility index (Phi) is 8.08. The highest BCUT2D eigenvalue weighted by Crippen LogP contribution is 2.67. The lowest BCUT2D eigenvalue weighted by Crippen LogP contribution is -2.50. The van der Waals surface area contributed by atoms with Crippen LogP contribution in [0.3, 0.4) is 0 Å². The smallest absolute Gasteiger partial charge is 0.345 e. The summed E-state index contributed by atoms with van der Waals surface area (Å²) in [4.78, 5) is 23.5. The Balaban J connectivity index is 1.32. The number of ether oxygens (including phenoxy) is 1. The molecular formula is C31H50O4. The van der Waals surface area contributed by atoms with Crippen LogP contribution in [0.2, 0.25) is 0 Å². The summed E-state index contributed by atoms with van der Waals surface area (Å²) >= 11 is 0. The van der Waals surface area contributed by atoms with Crippen LogP contribution in [0, 0.1) is 46.3 Å². The highest BCUT2D eigenvalue weighted by atomic mass is 16.6. The lowest BCUT2D eigenvalue weighted by molar-refractivity contribution is -0.167. The predicted octanol–water partition coefficient (Wildman–Crippen LogP) is 7.80. The third-order valence-electron chi connectivity index (χ3n) is 11.4. The van der Waals surface area contributed by atoms with Gasteiger partial charge >= 0.3 is 11.9 Å². The molecule has 0 radical (unpaired) electrons. The maximum atomic E-state index is 12.4. The number of hydrogen-bond donors (Lipinski definition) is 1. The van der Waals surface area contributed by atoms with Gasteiger partial charge in [-0.15, -0.1) is 0 Å². The number of carboxylic acid groups (broad SMARTS) is 1. The molecular weight excluding hydrogens is 436 g/mol. The van der Waals surface area contributed by atoms with Crippen molar-refractivity contribution in [2.24, 2.45) is 46.3 Å². The summed E-state index contributed by atoms with van der Waals surface area (Å²) in [7, 11) is 0. The van der Waals surface area contributed by atoms with Gasteiger partial charge in [-0.2, -0.15) is 0 Å². The standard InChI is InChI=1S/C31H50O4/c1-6-27(28(32)33)35-29(34)21(3)11-9-10-20(2)24-15-16-25-23-14-13-22-12-7-8-18-30(22,4)26(23)17-19-31(24,25)5/h13,20-21,23-27H,6-12,14-19H2,1-5H3,(H,32,33)/t20-,21?,23?,24-,25?,26?,27?,30+,31-/m1/s1. The number of carbonyl (C=O) groups is 2. The SMILES string of the molecule is CCC(OC(=O)C(C)CCC[C@@H](C)[C@H]1CCC2C3CC=C4CCCC[C@]4(C)C3CC[C@@]21C)C(=O)O. The molecule has 0 bridgehead atoms. The van der Waals surface area contributed by atoms with Gasteiger partial charge in [0.1, 0.15) is 0 Å². The lowest BCUT2D eigenvalue weighted by atomic mass is 9.47. The molecule has 4 nitrogen and oxygen atoms in total. The van der Waals surface area contributed by atoms with Gasteiger partial charge in [-0.25, -0.2) is 4.79 Å². The van der Waals surface area contributed by atoms with Crippen LogP contribution in [-0.4, -0.2) is 23.1 Å². The molecule has 0 heterocycles. The van der Waals surface area contributed by atoms with Crippen molar-refractivity contribution in [3.05, 3.63) is 11.6 Å². The van der Waals surface area contributed by atoms with Gasteiger partial charge in [0.2, 0.25) is 0 Å². The summed E-state index contributed by atoms with van der Waals surface area (Å²) in [5.41, 5.74) is 2.75. The van der Waals surface area contributed by atoms with Crippen LogP contribution in [0.25, 0.3) is 0 Å². The number of aliphatic carboxylic acids is 1. The molecule has 0 spiro atoms. The zero-order valence-corrected chi connectivity index (χ0v) is 23.0. The predicted molar refractivity (Wildman–Crippen MR) is 140 cm³/mol. The van der Waals surface area contributed by atoms with E-state index in [-0.39, 0.29) is 11.9 Å². The second-order valence-corrected chi connectivity index (χ2v) is 13.2. The van der Waals surface area contributed by atoms with Crippen molar-refractivity contribution in [1.29, 1.82) is 0 Å². The van der Waals surface area contributed by atoms with Crippen LogP contribution < -0.4 is 0 Å². The zero-order valence-electron chi connectivity index (χ0n) is 23.0. The van der Waals surface area contributed by atoms with Crippen molar-refractivity contribution >= 4 is 11.9 Å². The number of fused-ring (bicyclic) bond motifs is 5.